The second-order valence-electron chi connectivity index (χ2n) is 9.39. The molecule has 1 saturated carbocycles. The Kier molecular flexibility index (Phi) is 6.40. The molecule has 0 saturated heterocycles. The molecule has 2 aromatic rings. The van der Waals surface area contributed by atoms with Crippen LogP contribution in [0.3, 0.4) is 0 Å². The number of benzene rings is 2. The lowest BCUT2D eigenvalue weighted by atomic mass is 9.88. The Morgan fingerprint density at radius 1 is 1.06 bits per heavy atom. The van der Waals surface area contributed by atoms with Gasteiger partial charge in [-0.3, -0.25) is 9.80 Å². The van der Waals surface area contributed by atoms with E-state index < -0.39 is 5.54 Å². The molecular weight excluding hydrogens is 389 g/mol. The molecular formula is C26H32FN3O. The number of rotatable bonds is 6. The number of hydrogen-bond acceptors (Lipinski definition) is 3. The fourth-order valence-electron chi connectivity index (χ4n) is 4.75. The highest BCUT2D eigenvalue weighted by Gasteiger charge is 2.34. The van der Waals surface area contributed by atoms with Crippen LogP contribution in [0.15, 0.2) is 59.7 Å². The summed E-state index contributed by atoms with van der Waals surface area (Å²) in [5.74, 6) is 0.207. The average molecular weight is 422 g/mol. The summed E-state index contributed by atoms with van der Waals surface area (Å²) in [6, 6.07) is 16.7. The quantitative estimate of drug-likeness (QED) is 0.664. The molecule has 31 heavy (non-hydrogen) atoms. The van der Waals surface area contributed by atoms with E-state index in [2.05, 4.69) is 22.5 Å². The van der Waals surface area contributed by atoms with E-state index in [1.54, 1.807) is 12.1 Å². The molecule has 0 aromatic heterocycles. The summed E-state index contributed by atoms with van der Waals surface area (Å²) < 4.78 is 13.3. The molecule has 0 spiro atoms. The SMILES string of the molecule is CC(C)(NC(=O)C1=NN(CC2CCCCC2)C(c2ccccc2)C1)c1ccc(F)cc1. The Hall–Kier alpha value is -2.69. The van der Waals surface area contributed by atoms with E-state index >= 15 is 0 Å². The van der Waals surface area contributed by atoms with Crippen molar-refractivity contribution in [3.63, 3.8) is 0 Å². The molecule has 4 rings (SSSR count). The molecule has 2 aromatic carbocycles. The largest absolute Gasteiger partial charge is 0.342 e. The van der Waals surface area contributed by atoms with Gasteiger partial charge in [0.15, 0.2) is 0 Å². The molecule has 1 aliphatic heterocycles. The predicted molar refractivity (Wildman–Crippen MR) is 122 cm³/mol. The van der Waals surface area contributed by atoms with Gasteiger partial charge in [0, 0.05) is 13.0 Å². The molecule has 1 fully saturated rings. The molecule has 0 bridgehead atoms. The first-order valence-corrected chi connectivity index (χ1v) is 11.4. The maximum atomic E-state index is 13.3. The Morgan fingerprint density at radius 3 is 2.42 bits per heavy atom. The Labute approximate surface area is 184 Å². The van der Waals surface area contributed by atoms with Crippen LogP contribution in [-0.4, -0.2) is 23.2 Å². The number of carbonyl (C=O) groups is 1. The van der Waals surface area contributed by atoms with Crippen LogP contribution in [0.4, 0.5) is 4.39 Å². The molecule has 164 valence electrons. The zero-order valence-corrected chi connectivity index (χ0v) is 18.5. The second-order valence-corrected chi connectivity index (χ2v) is 9.39. The lowest BCUT2D eigenvalue weighted by molar-refractivity contribution is -0.116. The zero-order chi connectivity index (χ0) is 21.8. The highest BCUT2D eigenvalue weighted by atomic mass is 19.1. The molecule has 1 atom stereocenters. The van der Waals surface area contributed by atoms with Crippen LogP contribution in [-0.2, 0) is 10.3 Å². The molecule has 1 aliphatic carbocycles. The van der Waals surface area contributed by atoms with Gasteiger partial charge >= 0.3 is 0 Å². The van der Waals surface area contributed by atoms with Crippen LogP contribution < -0.4 is 5.32 Å². The van der Waals surface area contributed by atoms with E-state index in [0.29, 0.717) is 18.1 Å². The molecule has 2 aliphatic rings. The van der Waals surface area contributed by atoms with Gasteiger partial charge in [-0.1, -0.05) is 61.7 Å². The minimum Gasteiger partial charge on any atom is -0.342 e. The van der Waals surface area contributed by atoms with E-state index in [9.17, 15) is 9.18 Å². The van der Waals surface area contributed by atoms with Gasteiger partial charge in [0.2, 0.25) is 0 Å². The minimum absolute atomic E-state index is 0.0952. The molecule has 0 radical (unpaired) electrons. The van der Waals surface area contributed by atoms with Crippen molar-refractivity contribution in [2.24, 2.45) is 11.0 Å². The van der Waals surface area contributed by atoms with Gasteiger partial charge in [-0.05, 0) is 55.9 Å². The second kappa shape index (κ2) is 9.21. The van der Waals surface area contributed by atoms with E-state index in [4.69, 9.17) is 5.10 Å². The van der Waals surface area contributed by atoms with Crippen molar-refractivity contribution in [3.05, 3.63) is 71.5 Å². The van der Waals surface area contributed by atoms with Gasteiger partial charge in [0.25, 0.3) is 5.91 Å². The Morgan fingerprint density at radius 2 is 1.74 bits per heavy atom. The minimum atomic E-state index is -0.619. The van der Waals surface area contributed by atoms with Gasteiger partial charge < -0.3 is 5.32 Å². The fourth-order valence-corrected chi connectivity index (χ4v) is 4.75. The van der Waals surface area contributed by atoms with Crippen molar-refractivity contribution in [2.75, 3.05) is 6.54 Å². The predicted octanol–water partition coefficient (Wildman–Crippen LogP) is 5.56. The van der Waals surface area contributed by atoms with Crippen molar-refractivity contribution in [1.29, 1.82) is 0 Å². The van der Waals surface area contributed by atoms with Gasteiger partial charge in [-0.15, -0.1) is 0 Å². The third kappa shape index (κ3) is 5.15. The van der Waals surface area contributed by atoms with Gasteiger partial charge in [0.1, 0.15) is 11.5 Å². The Bertz CT molecular complexity index is 917. The van der Waals surface area contributed by atoms with E-state index in [0.717, 1.165) is 12.1 Å². The van der Waals surface area contributed by atoms with Crippen LogP contribution in [0.1, 0.15) is 69.5 Å². The molecule has 1 N–H and O–H groups in total. The number of carbonyl (C=O) groups excluding carboxylic acids is 1. The first-order chi connectivity index (χ1) is 14.9. The summed E-state index contributed by atoms with van der Waals surface area (Å²) in [4.78, 5) is 13.2. The van der Waals surface area contributed by atoms with Crippen molar-refractivity contribution in [3.8, 4) is 0 Å². The van der Waals surface area contributed by atoms with Crippen LogP contribution >= 0.6 is 0 Å². The third-order valence-electron chi connectivity index (χ3n) is 6.60. The van der Waals surface area contributed by atoms with Crippen LogP contribution in [0, 0.1) is 11.7 Å². The summed E-state index contributed by atoms with van der Waals surface area (Å²) in [5.41, 5.74) is 2.01. The number of halogens is 1. The van der Waals surface area contributed by atoms with Crippen LogP contribution in [0.25, 0.3) is 0 Å². The van der Waals surface area contributed by atoms with Crippen molar-refractivity contribution < 1.29 is 9.18 Å². The highest BCUT2D eigenvalue weighted by Crippen LogP contribution is 2.34. The average Bonchev–Trinajstić information content (AvgIpc) is 3.19. The summed E-state index contributed by atoms with van der Waals surface area (Å²) in [6.07, 6.45) is 6.99. The number of hydrazone groups is 1. The highest BCUT2D eigenvalue weighted by molar-refractivity contribution is 6.39. The first-order valence-electron chi connectivity index (χ1n) is 11.4. The number of nitrogens with zero attached hydrogens (tertiary/aromatic N) is 2. The Balaban J connectivity index is 1.51. The van der Waals surface area contributed by atoms with Crippen molar-refractivity contribution in [2.45, 2.75) is 64.0 Å². The molecule has 4 nitrogen and oxygen atoms in total. The fraction of sp³-hybridized carbons (Fsp3) is 0.462. The number of hydrogen-bond donors (Lipinski definition) is 1. The molecule has 1 heterocycles. The summed E-state index contributed by atoms with van der Waals surface area (Å²) in [7, 11) is 0. The molecule has 1 unspecified atom stereocenters. The third-order valence-corrected chi connectivity index (χ3v) is 6.60. The lowest BCUT2D eigenvalue weighted by Gasteiger charge is -2.30. The standard InChI is InChI=1S/C26H32FN3O/c1-26(2,21-13-15-22(27)16-14-21)28-25(31)23-17-24(20-11-7-4-8-12-20)30(29-23)18-19-9-5-3-6-10-19/h4,7-8,11-16,19,24H,3,5-6,9-10,17-18H2,1-2H3,(H,28,31). The van der Waals surface area contributed by atoms with E-state index in [-0.39, 0.29) is 17.8 Å². The maximum Gasteiger partial charge on any atom is 0.268 e. The number of nitrogens with one attached hydrogen (secondary N) is 1. The van der Waals surface area contributed by atoms with Gasteiger partial charge in [-0.2, -0.15) is 5.10 Å². The van der Waals surface area contributed by atoms with Gasteiger partial charge in [0.05, 0.1) is 11.6 Å². The van der Waals surface area contributed by atoms with E-state index in [1.807, 2.05) is 32.0 Å². The summed E-state index contributed by atoms with van der Waals surface area (Å²) in [6.45, 7) is 4.77. The molecule has 1 amide bonds. The molecule has 5 heteroatoms. The van der Waals surface area contributed by atoms with Gasteiger partial charge in [-0.25, -0.2) is 4.39 Å². The zero-order valence-electron chi connectivity index (χ0n) is 18.5. The first kappa shape index (κ1) is 21.5. The summed E-state index contributed by atoms with van der Waals surface area (Å²) in [5, 5.41) is 10.1. The van der Waals surface area contributed by atoms with Crippen molar-refractivity contribution >= 4 is 11.6 Å². The maximum absolute atomic E-state index is 13.3. The van der Waals surface area contributed by atoms with E-state index in [1.165, 1.54) is 49.8 Å². The normalized spacial score (nSPS) is 19.9. The lowest BCUT2D eigenvalue weighted by Crippen LogP contribution is -2.44. The van der Waals surface area contributed by atoms with Crippen molar-refractivity contribution in [1.82, 2.24) is 10.3 Å². The smallest absolute Gasteiger partial charge is 0.268 e. The monoisotopic (exact) mass is 421 g/mol. The summed E-state index contributed by atoms with van der Waals surface area (Å²) >= 11 is 0. The van der Waals surface area contributed by atoms with Crippen LogP contribution in [0.5, 0.6) is 0 Å². The van der Waals surface area contributed by atoms with Crippen LogP contribution in [0.2, 0.25) is 0 Å². The topological polar surface area (TPSA) is 44.7 Å². The number of amides is 1.